The Balaban J connectivity index is 3.16. The predicted molar refractivity (Wildman–Crippen MR) is 67.2 cm³/mol. The SMILES string of the molecule is CCC(NC)C(C)c1ncc(C)cc1[N+](=O)[O-]. The smallest absolute Gasteiger partial charge is 0.291 e. The molecule has 0 saturated heterocycles. The third kappa shape index (κ3) is 3.00. The molecule has 0 aliphatic heterocycles. The lowest BCUT2D eigenvalue weighted by atomic mass is 9.94. The minimum Gasteiger partial charge on any atom is -0.316 e. The summed E-state index contributed by atoms with van der Waals surface area (Å²) < 4.78 is 0. The highest BCUT2D eigenvalue weighted by molar-refractivity contribution is 5.40. The molecule has 0 aliphatic rings. The van der Waals surface area contributed by atoms with Crippen molar-refractivity contribution in [2.45, 2.75) is 39.2 Å². The van der Waals surface area contributed by atoms with Crippen LogP contribution in [0.15, 0.2) is 12.3 Å². The van der Waals surface area contributed by atoms with Crippen molar-refractivity contribution in [3.05, 3.63) is 33.6 Å². The fourth-order valence-electron chi connectivity index (χ4n) is 2.06. The van der Waals surface area contributed by atoms with Crippen molar-refractivity contribution in [1.82, 2.24) is 10.3 Å². The van der Waals surface area contributed by atoms with Crippen LogP contribution in [-0.2, 0) is 0 Å². The van der Waals surface area contributed by atoms with E-state index < -0.39 is 0 Å². The Labute approximate surface area is 101 Å². The van der Waals surface area contributed by atoms with Crippen LogP contribution >= 0.6 is 0 Å². The van der Waals surface area contributed by atoms with Crippen LogP contribution in [-0.4, -0.2) is 23.0 Å². The molecule has 1 heterocycles. The van der Waals surface area contributed by atoms with Gasteiger partial charge in [0, 0.05) is 24.2 Å². The van der Waals surface area contributed by atoms with E-state index in [-0.39, 0.29) is 22.6 Å². The van der Waals surface area contributed by atoms with Crippen LogP contribution in [0.25, 0.3) is 0 Å². The number of likely N-dealkylation sites (N-methyl/N-ethyl adjacent to an activating group) is 1. The van der Waals surface area contributed by atoms with Crippen LogP contribution in [0, 0.1) is 17.0 Å². The van der Waals surface area contributed by atoms with Gasteiger partial charge in [-0.05, 0) is 26.0 Å². The van der Waals surface area contributed by atoms with Gasteiger partial charge < -0.3 is 5.32 Å². The maximum absolute atomic E-state index is 11.0. The molecule has 1 aromatic heterocycles. The number of aromatic nitrogens is 1. The van der Waals surface area contributed by atoms with E-state index in [1.165, 1.54) is 0 Å². The minimum atomic E-state index is -0.353. The van der Waals surface area contributed by atoms with Gasteiger partial charge in [0.05, 0.1) is 4.92 Å². The van der Waals surface area contributed by atoms with E-state index in [0.717, 1.165) is 12.0 Å². The Morgan fingerprint density at radius 3 is 2.71 bits per heavy atom. The summed E-state index contributed by atoms with van der Waals surface area (Å²) in [4.78, 5) is 14.9. The van der Waals surface area contributed by atoms with Crippen molar-refractivity contribution in [2.24, 2.45) is 0 Å². The van der Waals surface area contributed by atoms with Gasteiger partial charge in [-0.2, -0.15) is 0 Å². The number of nitrogens with zero attached hydrogens (tertiary/aromatic N) is 2. The molecule has 5 heteroatoms. The topological polar surface area (TPSA) is 68.1 Å². The molecule has 0 saturated carbocycles. The molecule has 0 spiro atoms. The molecule has 0 fully saturated rings. The zero-order valence-electron chi connectivity index (χ0n) is 10.7. The second-order valence-electron chi connectivity index (χ2n) is 4.27. The summed E-state index contributed by atoms with van der Waals surface area (Å²) in [5, 5.41) is 14.2. The lowest BCUT2D eigenvalue weighted by Gasteiger charge is -2.21. The molecule has 0 aliphatic carbocycles. The van der Waals surface area contributed by atoms with Crippen molar-refractivity contribution < 1.29 is 4.92 Å². The number of hydrogen-bond donors (Lipinski definition) is 1. The van der Waals surface area contributed by atoms with E-state index in [9.17, 15) is 10.1 Å². The molecule has 17 heavy (non-hydrogen) atoms. The Morgan fingerprint density at radius 2 is 2.24 bits per heavy atom. The highest BCUT2D eigenvalue weighted by Crippen LogP contribution is 2.28. The number of pyridine rings is 1. The Kier molecular flexibility index (Phi) is 4.57. The first-order chi connectivity index (χ1) is 8.01. The summed E-state index contributed by atoms with van der Waals surface area (Å²) >= 11 is 0. The summed E-state index contributed by atoms with van der Waals surface area (Å²) in [6, 6.07) is 1.78. The molecular formula is C12H19N3O2. The average molecular weight is 237 g/mol. The number of nitrogens with one attached hydrogen (secondary N) is 1. The minimum absolute atomic E-state index is 0.0194. The third-order valence-corrected chi connectivity index (χ3v) is 3.08. The van der Waals surface area contributed by atoms with Crippen LogP contribution in [0.3, 0.4) is 0 Å². The first-order valence-corrected chi connectivity index (χ1v) is 5.79. The first-order valence-electron chi connectivity index (χ1n) is 5.79. The number of rotatable bonds is 5. The molecular weight excluding hydrogens is 218 g/mol. The van der Waals surface area contributed by atoms with Crippen LogP contribution in [0.5, 0.6) is 0 Å². The van der Waals surface area contributed by atoms with Crippen LogP contribution in [0.1, 0.15) is 37.4 Å². The monoisotopic (exact) mass is 237 g/mol. The molecule has 0 bridgehead atoms. The highest BCUT2D eigenvalue weighted by Gasteiger charge is 2.25. The van der Waals surface area contributed by atoms with Gasteiger partial charge in [0.15, 0.2) is 0 Å². The van der Waals surface area contributed by atoms with Gasteiger partial charge in [-0.1, -0.05) is 13.8 Å². The Morgan fingerprint density at radius 1 is 1.59 bits per heavy atom. The van der Waals surface area contributed by atoms with E-state index in [4.69, 9.17) is 0 Å². The van der Waals surface area contributed by atoms with Crippen molar-refractivity contribution in [3.8, 4) is 0 Å². The van der Waals surface area contributed by atoms with E-state index in [1.54, 1.807) is 12.3 Å². The maximum atomic E-state index is 11.0. The lowest BCUT2D eigenvalue weighted by molar-refractivity contribution is -0.386. The van der Waals surface area contributed by atoms with Crippen molar-refractivity contribution in [3.63, 3.8) is 0 Å². The molecule has 0 radical (unpaired) electrons. The fourth-order valence-corrected chi connectivity index (χ4v) is 2.06. The molecule has 1 N–H and O–H groups in total. The third-order valence-electron chi connectivity index (χ3n) is 3.08. The average Bonchev–Trinajstić information content (AvgIpc) is 2.30. The Bertz CT molecular complexity index is 403. The van der Waals surface area contributed by atoms with Crippen molar-refractivity contribution in [1.29, 1.82) is 0 Å². The standard InChI is InChI=1S/C12H19N3O2/c1-5-10(13-4)9(3)12-11(15(16)17)6-8(2)7-14-12/h6-7,9-10,13H,5H2,1-4H3. The Hall–Kier alpha value is -1.49. The van der Waals surface area contributed by atoms with E-state index in [1.807, 2.05) is 20.9 Å². The molecule has 94 valence electrons. The largest absolute Gasteiger partial charge is 0.316 e. The molecule has 5 nitrogen and oxygen atoms in total. The normalized spacial score (nSPS) is 14.4. The van der Waals surface area contributed by atoms with E-state index in [2.05, 4.69) is 17.2 Å². The van der Waals surface area contributed by atoms with Gasteiger partial charge in [0.1, 0.15) is 5.69 Å². The molecule has 0 aromatic carbocycles. The van der Waals surface area contributed by atoms with Gasteiger partial charge >= 0.3 is 0 Å². The van der Waals surface area contributed by atoms with Crippen LogP contribution < -0.4 is 5.32 Å². The zero-order valence-corrected chi connectivity index (χ0v) is 10.7. The van der Waals surface area contributed by atoms with Gasteiger partial charge in [0.2, 0.25) is 0 Å². The van der Waals surface area contributed by atoms with E-state index in [0.29, 0.717) is 5.69 Å². The number of nitro groups is 1. The van der Waals surface area contributed by atoms with Crippen molar-refractivity contribution >= 4 is 5.69 Å². The summed E-state index contributed by atoms with van der Waals surface area (Å²) in [6.07, 6.45) is 2.59. The zero-order chi connectivity index (χ0) is 13.0. The molecule has 2 unspecified atom stereocenters. The molecule has 0 amide bonds. The van der Waals surface area contributed by atoms with Crippen LogP contribution in [0.4, 0.5) is 5.69 Å². The second-order valence-corrected chi connectivity index (χ2v) is 4.27. The number of aryl methyl sites for hydroxylation is 1. The van der Waals surface area contributed by atoms with Crippen molar-refractivity contribution in [2.75, 3.05) is 7.05 Å². The summed E-state index contributed by atoms with van der Waals surface area (Å²) in [5.74, 6) is 0.0194. The maximum Gasteiger partial charge on any atom is 0.291 e. The van der Waals surface area contributed by atoms with Gasteiger partial charge in [-0.25, -0.2) is 0 Å². The second kappa shape index (κ2) is 5.72. The van der Waals surface area contributed by atoms with Gasteiger partial charge in [-0.15, -0.1) is 0 Å². The predicted octanol–water partition coefficient (Wildman–Crippen LogP) is 2.40. The van der Waals surface area contributed by atoms with Gasteiger partial charge in [0.25, 0.3) is 5.69 Å². The summed E-state index contributed by atoms with van der Waals surface area (Å²) in [5.41, 5.74) is 1.48. The first kappa shape index (κ1) is 13.6. The number of hydrogen-bond acceptors (Lipinski definition) is 4. The molecule has 2 atom stereocenters. The van der Waals surface area contributed by atoms with Gasteiger partial charge in [-0.3, -0.25) is 15.1 Å². The molecule has 1 rings (SSSR count). The van der Waals surface area contributed by atoms with E-state index >= 15 is 0 Å². The lowest BCUT2D eigenvalue weighted by Crippen LogP contribution is -2.30. The highest BCUT2D eigenvalue weighted by atomic mass is 16.6. The summed E-state index contributed by atoms with van der Waals surface area (Å²) in [6.45, 7) is 5.83. The quantitative estimate of drug-likeness (QED) is 0.630. The van der Waals surface area contributed by atoms with Crippen LogP contribution in [0.2, 0.25) is 0 Å². The summed E-state index contributed by atoms with van der Waals surface area (Å²) in [7, 11) is 1.87. The fraction of sp³-hybridized carbons (Fsp3) is 0.583. The molecule has 1 aromatic rings.